The molecule has 0 spiro atoms. The Balaban J connectivity index is 1.82. The summed E-state index contributed by atoms with van der Waals surface area (Å²) in [7, 11) is 0. The van der Waals surface area contributed by atoms with Crippen molar-refractivity contribution in [1.82, 2.24) is 0 Å². The summed E-state index contributed by atoms with van der Waals surface area (Å²) in [6.45, 7) is 0. The highest BCUT2D eigenvalue weighted by Gasteiger charge is 2.17. The second-order valence-corrected chi connectivity index (χ2v) is 6.54. The Morgan fingerprint density at radius 2 is 1.44 bits per heavy atom. The third kappa shape index (κ3) is 4.96. The van der Waals surface area contributed by atoms with Crippen LogP contribution in [0.25, 0.3) is 0 Å². The van der Waals surface area contributed by atoms with E-state index in [2.05, 4.69) is 5.32 Å². The van der Waals surface area contributed by atoms with Gasteiger partial charge in [-0.1, -0.05) is 54.1 Å². The lowest BCUT2D eigenvalue weighted by Gasteiger charge is -2.20. The minimum absolute atomic E-state index is 0.0145. The molecule has 3 rings (SSSR count). The summed E-state index contributed by atoms with van der Waals surface area (Å²) in [6, 6.07) is 22.4. The fourth-order valence-electron chi connectivity index (χ4n) is 2.78. The number of aromatic carboxylic acids is 1. The first kappa shape index (κ1) is 18.7. The number of halogens is 1. The molecular formula is C22H17ClNO3-. The number of carbonyl (C=O) groups is 2. The highest BCUT2D eigenvalue weighted by Crippen LogP contribution is 2.25. The van der Waals surface area contributed by atoms with Crippen LogP contribution in [-0.4, -0.2) is 11.8 Å². The molecule has 0 amide bonds. The van der Waals surface area contributed by atoms with E-state index in [1.54, 1.807) is 36.4 Å². The summed E-state index contributed by atoms with van der Waals surface area (Å²) in [5.74, 6) is -1.24. The first-order chi connectivity index (χ1) is 13.0. The highest BCUT2D eigenvalue weighted by molar-refractivity contribution is 6.30. The van der Waals surface area contributed by atoms with Gasteiger partial charge in [0.05, 0.1) is 12.0 Å². The van der Waals surface area contributed by atoms with Gasteiger partial charge < -0.3 is 15.2 Å². The van der Waals surface area contributed by atoms with Crippen molar-refractivity contribution in [3.8, 4) is 0 Å². The summed E-state index contributed by atoms with van der Waals surface area (Å²) in [5.41, 5.74) is 2.38. The summed E-state index contributed by atoms with van der Waals surface area (Å²) in [4.78, 5) is 23.6. The van der Waals surface area contributed by atoms with Gasteiger partial charge >= 0.3 is 0 Å². The van der Waals surface area contributed by atoms with Crippen molar-refractivity contribution >= 4 is 29.0 Å². The van der Waals surface area contributed by atoms with Gasteiger partial charge in [0.2, 0.25) is 0 Å². The largest absolute Gasteiger partial charge is 0.545 e. The standard InChI is InChI=1S/C22H18ClNO3/c23-18-10-6-16(7-11-18)21(25)14-20(15-4-2-1-3-5-15)24-19-12-8-17(9-13-19)22(26)27/h1-13,20,24H,14H2,(H,26,27)/p-1. The zero-order chi connectivity index (χ0) is 19.2. The normalized spacial score (nSPS) is 11.6. The van der Waals surface area contributed by atoms with Crippen LogP contribution in [0.15, 0.2) is 78.9 Å². The van der Waals surface area contributed by atoms with Crippen molar-refractivity contribution in [1.29, 1.82) is 0 Å². The first-order valence-electron chi connectivity index (χ1n) is 8.44. The van der Waals surface area contributed by atoms with Crippen LogP contribution in [0.3, 0.4) is 0 Å². The minimum atomic E-state index is -1.22. The van der Waals surface area contributed by atoms with Crippen LogP contribution >= 0.6 is 11.6 Å². The van der Waals surface area contributed by atoms with Gasteiger partial charge in [-0.25, -0.2) is 0 Å². The Morgan fingerprint density at radius 1 is 0.852 bits per heavy atom. The van der Waals surface area contributed by atoms with E-state index in [1.807, 2.05) is 30.3 Å². The quantitative estimate of drug-likeness (QED) is 0.627. The Labute approximate surface area is 162 Å². The number of hydrogen-bond acceptors (Lipinski definition) is 4. The average molecular weight is 379 g/mol. The SMILES string of the molecule is O=C([O-])c1ccc(NC(CC(=O)c2ccc(Cl)cc2)c2ccccc2)cc1. The van der Waals surface area contributed by atoms with E-state index in [-0.39, 0.29) is 23.8 Å². The lowest BCUT2D eigenvalue weighted by Crippen LogP contribution is -2.22. The third-order valence-electron chi connectivity index (χ3n) is 4.22. The molecule has 1 N–H and O–H groups in total. The number of anilines is 1. The van der Waals surface area contributed by atoms with E-state index in [0.29, 0.717) is 10.6 Å². The number of carbonyl (C=O) groups excluding carboxylic acids is 2. The van der Waals surface area contributed by atoms with Crippen LogP contribution in [0, 0.1) is 0 Å². The van der Waals surface area contributed by atoms with Crippen LogP contribution in [0.1, 0.15) is 38.7 Å². The molecule has 1 atom stereocenters. The number of ketones is 1. The molecule has 0 bridgehead atoms. The Morgan fingerprint density at radius 3 is 2.04 bits per heavy atom. The van der Waals surface area contributed by atoms with Crippen LogP contribution in [0.4, 0.5) is 5.69 Å². The second kappa shape index (κ2) is 8.52. The van der Waals surface area contributed by atoms with Gasteiger partial charge in [-0.15, -0.1) is 0 Å². The third-order valence-corrected chi connectivity index (χ3v) is 4.47. The molecule has 0 heterocycles. The molecule has 1 unspecified atom stereocenters. The van der Waals surface area contributed by atoms with E-state index in [9.17, 15) is 14.7 Å². The van der Waals surface area contributed by atoms with Gasteiger partial charge in [-0.3, -0.25) is 4.79 Å². The van der Waals surface area contributed by atoms with E-state index >= 15 is 0 Å². The van der Waals surface area contributed by atoms with Crippen molar-refractivity contribution in [3.63, 3.8) is 0 Å². The number of nitrogens with one attached hydrogen (secondary N) is 1. The molecule has 4 nitrogen and oxygen atoms in total. The van der Waals surface area contributed by atoms with E-state index < -0.39 is 5.97 Å². The molecule has 3 aromatic rings. The van der Waals surface area contributed by atoms with Crippen LogP contribution in [-0.2, 0) is 0 Å². The maximum absolute atomic E-state index is 12.7. The van der Waals surface area contributed by atoms with Crippen molar-refractivity contribution in [2.75, 3.05) is 5.32 Å². The fourth-order valence-corrected chi connectivity index (χ4v) is 2.91. The molecule has 0 aliphatic rings. The predicted octanol–water partition coefficient (Wildman–Crippen LogP) is 4.13. The second-order valence-electron chi connectivity index (χ2n) is 6.11. The van der Waals surface area contributed by atoms with Crippen molar-refractivity contribution in [3.05, 3.63) is 101 Å². The first-order valence-corrected chi connectivity index (χ1v) is 8.82. The number of carboxylic acids is 1. The van der Waals surface area contributed by atoms with Gasteiger partial charge in [0.15, 0.2) is 5.78 Å². The molecule has 136 valence electrons. The van der Waals surface area contributed by atoms with E-state index in [4.69, 9.17) is 11.6 Å². The zero-order valence-corrected chi connectivity index (χ0v) is 15.1. The van der Waals surface area contributed by atoms with Gasteiger partial charge in [-0.05, 0) is 47.5 Å². The Kier molecular flexibility index (Phi) is 5.89. The van der Waals surface area contributed by atoms with Gasteiger partial charge in [0.25, 0.3) is 0 Å². The van der Waals surface area contributed by atoms with Gasteiger partial charge in [0, 0.05) is 22.7 Å². The fraction of sp³-hybridized carbons (Fsp3) is 0.0909. The van der Waals surface area contributed by atoms with Crippen LogP contribution in [0.5, 0.6) is 0 Å². The number of Topliss-reactive ketones (excluding diaryl/α,β-unsaturated/α-hetero) is 1. The minimum Gasteiger partial charge on any atom is -0.545 e. The molecule has 0 aliphatic heterocycles. The number of hydrogen-bond donors (Lipinski definition) is 1. The summed E-state index contributed by atoms with van der Waals surface area (Å²) in [5, 5.41) is 14.8. The topological polar surface area (TPSA) is 69.2 Å². The molecular weight excluding hydrogens is 362 g/mol. The average Bonchev–Trinajstić information content (AvgIpc) is 2.69. The molecule has 0 radical (unpaired) electrons. The predicted molar refractivity (Wildman–Crippen MR) is 104 cm³/mol. The van der Waals surface area contributed by atoms with Gasteiger partial charge in [0.1, 0.15) is 0 Å². The van der Waals surface area contributed by atoms with Crippen molar-refractivity contribution < 1.29 is 14.7 Å². The Bertz CT molecular complexity index is 922. The molecule has 27 heavy (non-hydrogen) atoms. The van der Waals surface area contributed by atoms with E-state index in [1.165, 1.54) is 12.1 Å². The summed E-state index contributed by atoms with van der Waals surface area (Å²) in [6.07, 6.45) is 0.244. The molecule has 0 aromatic heterocycles. The number of benzene rings is 3. The lowest BCUT2D eigenvalue weighted by atomic mass is 9.97. The highest BCUT2D eigenvalue weighted by atomic mass is 35.5. The number of carboxylic acid groups (broad SMARTS) is 1. The molecule has 3 aromatic carbocycles. The van der Waals surface area contributed by atoms with Crippen LogP contribution in [0.2, 0.25) is 5.02 Å². The van der Waals surface area contributed by atoms with E-state index in [0.717, 1.165) is 11.3 Å². The van der Waals surface area contributed by atoms with Crippen LogP contribution < -0.4 is 10.4 Å². The zero-order valence-electron chi connectivity index (χ0n) is 14.4. The monoisotopic (exact) mass is 378 g/mol. The van der Waals surface area contributed by atoms with Gasteiger partial charge in [-0.2, -0.15) is 0 Å². The molecule has 5 heteroatoms. The summed E-state index contributed by atoms with van der Waals surface area (Å²) >= 11 is 5.89. The van der Waals surface area contributed by atoms with Crippen molar-refractivity contribution in [2.24, 2.45) is 0 Å². The maximum atomic E-state index is 12.7. The Hall–Kier alpha value is -3.11. The smallest absolute Gasteiger partial charge is 0.165 e. The maximum Gasteiger partial charge on any atom is 0.165 e. The lowest BCUT2D eigenvalue weighted by molar-refractivity contribution is -0.255. The molecule has 0 saturated carbocycles. The molecule has 0 fully saturated rings. The van der Waals surface area contributed by atoms with Crippen molar-refractivity contribution in [2.45, 2.75) is 12.5 Å². The number of rotatable bonds is 7. The molecule has 0 saturated heterocycles. The summed E-state index contributed by atoms with van der Waals surface area (Å²) < 4.78 is 0. The molecule has 0 aliphatic carbocycles.